The van der Waals surface area contributed by atoms with Gasteiger partial charge in [-0.3, -0.25) is 4.79 Å². The van der Waals surface area contributed by atoms with E-state index >= 15 is 0 Å². The summed E-state index contributed by atoms with van der Waals surface area (Å²) in [6.45, 7) is 6.62. The van der Waals surface area contributed by atoms with Crippen molar-refractivity contribution in [3.63, 3.8) is 0 Å². The molecule has 2 atom stereocenters. The van der Waals surface area contributed by atoms with Gasteiger partial charge in [-0.2, -0.15) is 0 Å². The largest absolute Gasteiger partial charge is 0.361 e. The molecule has 0 saturated heterocycles. The van der Waals surface area contributed by atoms with Gasteiger partial charge in [-0.25, -0.2) is 0 Å². The highest BCUT2D eigenvalue weighted by Gasteiger charge is 2.63. The van der Waals surface area contributed by atoms with Gasteiger partial charge in [-0.05, 0) is 36.3 Å². The minimum Gasteiger partial charge on any atom is -0.361 e. The summed E-state index contributed by atoms with van der Waals surface area (Å²) in [5.74, 6) is 0.749. The highest BCUT2D eigenvalue weighted by Crippen LogP contribution is 2.65. The molecule has 2 nitrogen and oxygen atoms in total. The van der Waals surface area contributed by atoms with Crippen LogP contribution in [0.5, 0.6) is 0 Å². The van der Waals surface area contributed by atoms with Gasteiger partial charge in [0.05, 0.1) is 0 Å². The standard InChI is InChI=1S/C17H21NO/c1-16(2)14-9-10-17(16,3)15(19)13(14)11-18-12-7-5-4-6-8-12/h4-8,11,14,18H,9-10H2,1-3H3/b13-11+. The van der Waals surface area contributed by atoms with Crippen molar-refractivity contribution in [2.24, 2.45) is 16.7 Å². The van der Waals surface area contributed by atoms with E-state index in [-0.39, 0.29) is 10.8 Å². The molecule has 2 heteroatoms. The van der Waals surface area contributed by atoms with Crippen LogP contribution in [0.3, 0.4) is 0 Å². The summed E-state index contributed by atoms with van der Waals surface area (Å²) in [6.07, 6.45) is 4.11. The number of para-hydroxylation sites is 1. The molecule has 2 saturated carbocycles. The molecular formula is C17H21NO. The van der Waals surface area contributed by atoms with Crippen molar-refractivity contribution in [3.8, 4) is 0 Å². The molecule has 0 aromatic heterocycles. The quantitative estimate of drug-likeness (QED) is 0.809. The number of rotatable bonds is 2. The number of carbonyl (C=O) groups is 1. The van der Waals surface area contributed by atoms with Gasteiger partial charge in [0.25, 0.3) is 0 Å². The number of hydrogen-bond acceptors (Lipinski definition) is 2. The number of benzene rings is 1. The number of anilines is 1. The summed E-state index contributed by atoms with van der Waals surface area (Å²) >= 11 is 0. The zero-order chi connectivity index (χ0) is 13.7. The normalized spacial score (nSPS) is 33.9. The Kier molecular flexibility index (Phi) is 2.60. The Morgan fingerprint density at radius 2 is 1.89 bits per heavy atom. The monoisotopic (exact) mass is 255 g/mol. The molecule has 0 aliphatic heterocycles. The molecule has 1 aromatic carbocycles. The predicted octanol–water partition coefficient (Wildman–Crippen LogP) is 4.01. The Labute approximate surface area is 114 Å². The number of nitrogens with one attached hydrogen (secondary N) is 1. The predicted molar refractivity (Wildman–Crippen MR) is 77.8 cm³/mol. The Morgan fingerprint density at radius 3 is 2.47 bits per heavy atom. The van der Waals surface area contributed by atoms with E-state index in [4.69, 9.17) is 0 Å². The fraction of sp³-hybridized carbons (Fsp3) is 0.471. The average molecular weight is 255 g/mol. The van der Waals surface area contributed by atoms with Gasteiger partial charge < -0.3 is 5.32 Å². The molecule has 1 N–H and O–H groups in total. The van der Waals surface area contributed by atoms with E-state index in [0.29, 0.717) is 11.7 Å². The molecule has 0 heterocycles. The number of fused-ring (bicyclic) bond motifs is 2. The molecule has 100 valence electrons. The van der Waals surface area contributed by atoms with Crippen molar-refractivity contribution >= 4 is 11.5 Å². The second-order valence-corrected chi connectivity index (χ2v) is 6.58. The lowest BCUT2D eigenvalue weighted by Gasteiger charge is -2.31. The van der Waals surface area contributed by atoms with Crippen LogP contribution in [-0.4, -0.2) is 5.78 Å². The third-order valence-electron chi connectivity index (χ3n) is 5.53. The van der Waals surface area contributed by atoms with Crippen molar-refractivity contribution in [1.82, 2.24) is 0 Å². The van der Waals surface area contributed by atoms with Crippen LogP contribution in [0.2, 0.25) is 0 Å². The van der Waals surface area contributed by atoms with Crippen LogP contribution < -0.4 is 5.32 Å². The van der Waals surface area contributed by atoms with Gasteiger partial charge in [0.1, 0.15) is 0 Å². The van der Waals surface area contributed by atoms with E-state index in [1.807, 2.05) is 36.5 Å². The molecule has 19 heavy (non-hydrogen) atoms. The number of carbonyl (C=O) groups excluding carboxylic acids is 1. The van der Waals surface area contributed by atoms with Crippen molar-refractivity contribution < 1.29 is 4.79 Å². The molecule has 2 aliphatic carbocycles. The Bertz CT molecular complexity index is 544. The van der Waals surface area contributed by atoms with Crippen LogP contribution in [-0.2, 0) is 4.79 Å². The lowest BCUT2D eigenvalue weighted by molar-refractivity contribution is -0.125. The van der Waals surface area contributed by atoms with Crippen LogP contribution in [0.1, 0.15) is 33.6 Å². The lowest BCUT2D eigenvalue weighted by Crippen LogP contribution is -2.32. The Morgan fingerprint density at radius 1 is 1.21 bits per heavy atom. The first-order chi connectivity index (χ1) is 8.97. The summed E-state index contributed by atoms with van der Waals surface area (Å²) in [4.78, 5) is 12.6. The third kappa shape index (κ3) is 1.59. The zero-order valence-corrected chi connectivity index (χ0v) is 11.9. The number of ketones is 1. The summed E-state index contributed by atoms with van der Waals surface area (Å²) in [7, 11) is 0. The van der Waals surface area contributed by atoms with Crippen molar-refractivity contribution in [2.75, 3.05) is 5.32 Å². The fourth-order valence-corrected chi connectivity index (χ4v) is 3.79. The van der Waals surface area contributed by atoms with Crippen molar-refractivity contribution in [1.29, 1.82) is 0 Å². The van der Waals surface area contributed by atoms with E-state index in [1.165, 1.54) is 0 Å². The molecule has 2 bridgehead atoms. The highest BCUT2D eigenvalue weighted by atomic mass is 16.1. The topological polar surface area (TPSA) is 29.1 Å². The zero-order valence-electron chi connectivity index (χ0n) is 11.9. The maximum atomic E-state index is 12.6. The van der Waals surface area contributed by atoms with Crippen LogP contribution in [0, 0.1) is 16.7 Å². The summed E-state index contributed by atoms with van der Waals surface area (Å²) in [5.41, 5.74) is 1.95. The first-order valence-electron chi connectivity index (χ1n) is 7.03. The molecule has 2 unspecified atom stereocenters. The SMILES string of the molecule is CC12CCC(/C(=C\Nc3ccccc3)C1=O)C2(C)C. The maximum absolute atomic E-state index is 12.6. The van der Waals surface area contributed by atoms with E-state index in [9.17, 15) is 4.79 Å². The van der Waals surface area contributed by atoms with E-state index < -0.39 is 0 Å². The van der Waals surface area contributed by atoms with Crippen LogP contribution in [0.15, 0.2) is 42.1 Å². The third-order valence-corrected chi connectivity index (χ3v) is 5.53. The fourth-order valence-electron chi connectivity index (χ4n) is 3.79. The summed E-state index contributed by atoms with van der Waals surface area (Å²) in [6, 6.07) is 10.0. The Hall–Kier alpha value is -1.57. The van der Waals surface area contributed by atoms with Gasteiger partial charge in [0.2, 0.25) is 0 Å². The Balaban J connectivity index is 1.89. The van der Waals surface area contributed by atoms with Gasteiger partial charge in [0, 0.05) is 22.9 Å². The molecule has 2 aliphatic rings. The molecular weight excluding hydrogens is 234 g/mol. The van der Waals surface area contributed by atoms with Crippen LogP contribution in [0.4, 0.5) is 5.69 Å². The molecule has 2 fully saturated rings. The van der Waals surface area contributed by atoms with Crippen molar-refractivity contribution in [2.45, 2.75) is 33.6 Å². The highest BCUT2D eigenvalue weighted by molar-refractivity contribution is 6.04. The molecule has 0 radical (unpaired) electrons. The summed E-state index contributed by atoms with van der Waals surface area (Å²) < 4.78 is 0. The molecule has 1 aromatic rings. The van der Waals surface area contributed by atoms with Gasteiger partial charge in [0.15, 0.2) is 5.78 Å². The number of allylic oxidation sites excluding steroid dienone is 1. The van der Waals surface area contributed by atoms with Gasteiger partial charge in [-0.15, -0.1) is 0 Å². The van der Waals surface area contributed by atoms with Crippen LogP contribution in [0.25, 0.3) is 0 Å². The minimum atomic E-state index is -0.165. The second-order valence-electron chi connectivity index (χ2n) is 6.58. The van der Waals surface area contributed by atoms with Gasteiger partial charge >= 0.3 is 0 Å². The second kappa shape index (κ2) is 3.96. The number of hydrogen-bond donors (Lipinski definition) is 1. The first kappa shape index (κ1) is 12.5. The van der Waals surface area contributed by atoms with Crippen molar-refractivity contribution in [3.05, 3.63) is 42.1 Å². The van der Waals surface area contributed by atoms with E-state index in [2.05, 4.69) is 26.1 Å². The average Bonchev–Trinajstić information content (AvgIpc) is 2.70. The maximum Gasteiger partial charge on any atom is 0.167 e. The first-order valence-corrected chi connectivity index (χ1v) is 7.03. The summed E-state index contributed by atoms with van der Waals surface area (Å²) in [5, 5.41) is 3.27. The lowest BCUT2D eigenvalue weighted by atomic mass is 9.70. The number of Topliss-reactive ketones (excluding diaryl/α,β-unsaturated/α-hetero) is 1. The smallest absolute Gasteiger partial charge is 0.167 e. The van der Waals surface area contributed by atoms with Crippen LogP contribution >= 0.6 is 0 Å². The minimum absolute atomic E-state index is 0.0916. The molecule has 0 spiro atoms. The van der Waals surface area contributed by atoms with E-state index in [0.717, 1.165) is 24.1 Å². The molecule has 3 rings (SSSR count). The molecule has 0 amide bonds. The van der Waals surface area contributed by atoms with E-state index in [1.54, 1.807) is 0 Å². The van der Waals surface area contributed by atoms with Gasteiger partial charge in [-0.1, -0.05) is 39.0 Å².